The summed E-state index contributed by atoms with van der Waals surface area (Å²) in [5, 5.41) is 2.54. The number of rotatable bonds is 5. The number of hydrogen-bond donors (Lipinski definition) is 2. The highest BCUT2D eigenvalue weighted by Crippen LogP contribution is 2.28. The molecule has 1 atom stereocenters. The number of likely N-dealkylation sites (tertiary alicyclic amines) is 1. The van der Waals surface area contributed by atoms with Crippen LogP contribution >= 0.6 is 0 Å². The van der Waals surface area contributed by atoms with Crippen molar-refractivity contribution in [1.29, 1.82) is 0 Å². The van der Waals surface area contributed by atoms with E-state index in [1.807, 2.05) is 24.3 Å². The second-order valence-electron chi connectivity index (χ2n) is 8.53. The van der Waals surface area contributed by atoms with E-state index < -0.39 is 29.1 Å². The van der Waals surface area contributed by atoms with Gasteiger partial charge in [0.2, 0.25) is 5.91 Å². The summed E-state index contributed by atoms with van der Waals surface area (Å²) in [6, 6.07) is 10.2. The highest BCUT2D eigenvalue weighted by atomic mass is 19.1. The van der Waals surface area contributed by atoms with Gasteiger partial charge in [0.15, 0.2) is 0 Å². The lowest BCUT2D eigenvalue weighted by molar-refractivity contribution is -0.135. The number of piperidine rings is 1. The predicted molar refractivity (Wildman–Crippen MR) is 117 cm³/mol. The van der Waals surface area contributed by atoms with Crippen LogP contribution in [0.15, 0.2) is 42.5 Å². The number of amides is 2. The third-order valence-electron chi connectivity index (χ3n) is 6.01. The molecule has 1 aliphatic rings. The van der Waals surface area contributed by atoms with Crippen LogP contribution in [0.5, 0.6) is 0 Å². The molecule has 1 aliphatic heterocycles. The zero-order valence-corrected chi connectivity index (χ0v) is 18.1. The molecule has 3 aromatic rings. The number of imidazole rings is 1. The van der Waals surface area contributed by atoms with Crippen molar-refractivity contribution < 1.29 is 18.4 Å². The van der Waals surface area contributed by atoms with Gasteiger partial charge in [-0.1, -0.05) is 32.0 Å². The van der Waals surface area contributed by atoms with E-state index in [1.165, 1.54) is 6.07 Å². The number of halogens is 2. The van der Waals surface area contributed by atoms with E-state index >= 15 is 0 Å². The van der Waals surface area contributed by atoms with Crippen LogP contribution in [0.1, 0.15) is 48.8 Å². The molecule has 8 heteroatoms. The van der Waals surface area contributed by atoms with Crippen molar-refractivity contribution >= 4 is 22.8 Å². The Kier molecular flexibility index (Phi) is 6.21. The average molecular weight is 440 g/mol. The number of H-pyrrole nitrogens is 1. The Labute approximate surface area is 185 Å². The van der Waals surface area contributed by atoms with Gasteiger partial charge in [0, 0.05) is 19.0 Å². The number of fused-ring (bicyclic) bond motifs is 1. The molecule has 1 saturated heterocycles. The van der Waals surface area contributed by atoms with Crippen LogP contribution < -0.4 is 5.32 Å². The molecule has 1 fully saturated rings. The Morgan fingerprint density at radius 2 is 1.72 bits per heavy atom. The van der Waals surface area contributed by atoms with Crippen molar-refractivity contribution in [3.05, 3.63) is 65.5 Å². The Bertz CT molecular complexity index is 1080. The van der Waals surface area contributed by atoms with Crippen molar-refractivity contribution in [1.82, 2.24) is 20.2 Å². The molecule has 1 aromatic heterocycles. The Balaban J connectivity index is 1.42. The Morgan fingerprint density at radius 3 is 2.34 bits per heavy atom. The summed E-state index contributed by atoms with van der Waals surface area (Å²) in [5.74, 6) is -2.19. The van der Waals surface area contributed by atoms with E-state index in [9.17, 15) is 18.4 Å². The summed E-state index contributed by atoms with van der Waals surface area (Å²) < 4.78 is 28.0. The second kappa shape index (κ2) is 9.06. The average Bonchev–Trinajstić information content (AvgIpc) is 3.21. The first-order valence-electron chi connectivity index (χ1n) is 10.8. The minimum atomic E-state index is -0.955. The van der Waals surface area contributed by atoms with Crippen LogP contribution in [0.3, 0.4) is 0 Å². The molecule has 32 heavy (non-hydrogen) atoms. The predicted octanol–water partition coefficient (Wildman–Crippen LogP) is 4.00. The minimum absolute atomic E-state index is 0.214. The maximum absolute atomic E-state index is 14.0. The van der Waals surface area contributed by atoms with Crippen molar-refractivity contribution in [2.24, 2.45) is 5.92 Å². The van der Waals surface area contributed by atoms with Crippen LogP contribution in [0.2, 0.25) is 0 Å². The van der Waals surface area contributed by atoms with Crippen molar-refractivity contribution in [2.45, 2.75) is 38.6 Å². The number of aromatic amines is 1. The molecule has 0 aliphatic carbocycles. The fourth-order valence-electron chi connectivity index (χ4n) is 4.18. The fraction of sp³-hybridized carbons (Fsp3) is 0.375. The van der Waals surface area contributed by atoms with E-state index in [-0.39, 0.29) is 17.7 Å². The van der Waals surface area contributed by atoms with Gasteiger partial charge >= 0.3 is 0 Å². The molecule has 4 rings (SSSR count). The van der Waals surface area contributed by atoms with E-state index in [1.54, 1.807) is 18.7 Å². The van der Waals surface area contributed by atoms with E-state index in [4.69, 9.17) is 0 Å². The molecule has 0 saturated carbocycles. The zero-order chi connectivity index (χ0) is 22.8. The molecule has 168 valence electrons. The van der Waals surface area contributed by atoms with Gasteiger partial charge < -0.3 is 15.2 Å². The smallest absolute Gasteiger partial charge is 0.257 e. The van der Waals surface area contributed by atoms with Crippen LogP contribution in [0.4, 0.5) is 8.78 Å². The van der Waals surface area contributed by atoms with Gasteiger partial charge in [-0.25, -0.2) is 13.8 Å². The fourth-order valence-corrected chi connectivity index (χ4v) is 4.18. The highest BCUT2D eigenvalue weighted by molar-refractivity contribution is 5.98. The van der Waals surface area contributed by atoms with Gasteiger partial charge in [-0.2, -0.15) is 0 Å². The molecule has 6 nitrogen and oxygen atoms in total. The highest BCUT2D eigenvalue weighted by Gasteiger charge is 2.33. The standard InChI is InChI=1S/C24H26F2N4O2/c1-14(2)21(29-23(31)20-16(25)6-5-7-17(20)26)24(32)30-12-10-15(11-13-30)22-27-18-8-3-4-9-19(18)28-22/h3-9,14-15,21H,10-13H2,1-2H3,(H,27,28)(H,29,31)/t21-/m1/s1. The number of carbonyl (C=O) groups is 2. The van der Waals surface area contributed by atoms with Crippen molar-refractivity contribution in [2.75, 3.05) is 13.1 Å². The third-order valence-corrected chi connectivity index (χ3v) is 6.01. The number of aromatic nitrogens is 2. The van der Waals surface area contributed by atoms with E-state index in [2.05, 4.69) is 15.3 Å². The monoisotopic (exact) mass is 440 g/mol. The number of para-hydroxylation sites is 2. The Morgan fingerprint density at radius 1 is 1.06 bits per heavy atom. The van der Waals surface area contributed by atoms with Gasteiger partial charge in [-0.05, 0) is 43.0 Å². The number of hydrogen-bond acceptors (Lipinski definition) is 3. The molecule has 2 aromatic carbocycles. The molecule has 2 heterocycles. The van der Waals surface area contributed by atoms with Gasteiger partial charge in [-0.15, -0.1) is 0 Å². The number of benzene rings is 2. The van der Waals surface area contributed by atoms with E-state index in [0.29, 0.717) is 13.1 Å². The number of nitrogens with zero attached hydrogens (tertiary/aromatic N) is 2. The van der Waals surface area contributed by atoms with Gasteiger partial charge in [0.05, 0.1) is 11.0 Å². The van der Waals surface area contributed by atoms with Gasteiger partial charge in [0.25, 0.3) is 5.91 Å². The first kappa shape index (κ1) is 21.9. The van der Waals surface area contributed by atoms with Crippen LogP contribution in [-0.2, 0) is 4.79 Å². The summed E-state index contributed by atoms with van der Waals surface area (Å²) in [6.07, 6.45) is 1.48. The molecule has 0 unspecified atom stereocenters. The molecule has 0 spiro atoms. The first-order chi connectivity index (χ1) is 15.3. The SMILES string of the molecule is CC(C)[C@@H](NC(=O)c1c(F)cccc1F)C(=O)N1CCC(c2nc3ccccc3[nH]2)CC1. The molecule has 0 bridgehead atoms. The summed E-state index contributed by atoms with van der Waals surface area (Å²) >= 11 is 0. The van der Waals surface area contributed by atoms with Crippen LogP contribution in [0, 0.1) is 17.6 Å². The summed E-state index contributed by atoms with van der Waals surface area (Å²) in [4.78, 5) is 35.4. The topological polar surface area (TPSA) is 78.1 Å². The lowest BCUT2D eigenvalue weighted by Crippen LogP contribution is -2.53. The Hall–Kier alpha value is -3.29. The summed E-state index contributed by atoms with van der Waals surface area (Å²) in [7, 11) is 0. The maximum atomic E-state index is 14.0. The number of nitrogens with one attached hydrogen (secondary N) is 2. The third kappa shape index (κ3) is 4.35. The van der Waals surface area contributed by atoms with Gasteiger partial charge in [0.1, 0.15) is 29.1 Å². The molecule has 2 amide bonds. The zero-order valence-electron chi connectivity index (χ0n) is 18.1. The largest absolute Gasteiger partial charge is 0.342 e. The summed E-state index contributed by atoms with van der Waals surface area (Å²) in [6.45, 7) is 4.63. The molecule has 0 radical (unpaired) electrons. The van der Waals surface area contributed by atoms with Gasteiger partial charge in [-0.3, -0.25) is 9.59 Å². The van der Waals surface area contributed by atoms with Crippen LogP contribution in [-0.4, -0.2) is 45.8 Å². The molecular formula is C24H26F2N4O2. The minimum Gasteiger partial charge on any atom is -0.342 e. The van der Waals surface area contributed by atoms with Crippen molar-refractivity contribution in [3.63, 3.8) is 0 Å². The van der Waals surface area contributed by atoms with Crippen LogP contribution in [0.25, 0.3) is 11.0 Å². The van der Waals surface area contributed by atoms with E-state index in [0.717, 1.165) is 41.8 Å². The van der Waals surface area contributed by atoms with Crippen molar-refractivity contribution in [3.8, 4) is 0 Å². The maximum Gasteiger partial charge on any atom is 0.257 e. The lowest BCUT2D eigenvalue weighted by Gasteiger charge is -2.35. The lowest BCUT2D eigenvalue weighted by atomic mass is 9.94. The normalized spacial score (nSPS) is 15.8. The first-order valence-corrected chi connectivity index (χ1v) is 10.8. The number of carbonyl (C=O) groups excluding carboxylic acids is 2. The quantitative estimate of drug-likeness (QED) is 0.630. The molecular weight excluding hydrogens is 414 g/mol. The second-order valence-corrected chi connectivity index (χ2v) is 8.53. The molecule has 2 N–H and O–H groups in total. The summed E-state index contributed by atoms with van der Waals surface area (Å²) in [5.41, 5.74) is 1.24.